The molecule has 0 unspecified atom stereocenters. The highest BCUT2D eigenvalue weighted by Gasteiger charge is 2.53. The molecule has 5 rings (SSSR count). The lowest BCUT2D eigenvalue weighted by Crippen LogP contribution is -2.62. The van der Waals surface area contributed by atoms with E-state index >= 15 is 0 Å². The van der Waals surface area contributed by atoms with Crippen molar-refractivity contribution in [1.29, 1.82) is 0 Å². The van der Waals surface area contributed by atoms with Crippen molar-refractivity contribution in [3.05, 3.63) is 53.6 Å². The molecule has 0 aromatic heterocycles. The number of hydrogen-bond acceptors (Lipinski definition) is 13. The molecule has 0 amide bonds. The van der Waals surface area contributed by atoms with E-state index in [0.717, 1.165) is 11.6 Å². The second-order valence-corrected chi connectivity index (χ2v) is 9.77. The molecule has 9 atom stereocenters. The number of aromatic hydroxyl groups is 1. The van der Waals surface area contributed by atoms with Gasteiger partial charge in [-0.15, -0.1) is 0 Å². The summed E-state index contributed by atoms with van der Waals surface area (Å²) < 4.78 is 28.3. The average molecular weight is 551 g/mol. The normalized spacial score (nSPS) is 36.3. The number of aliphatic hydroxyl groups excluding tert-OH is 5. The van der Waals surface area contributed by atoms with Crippen LogP contribution in [0.25, 0.3) is 0 Å². The van der Waals surface area contributed by atoms with Gasteiger partial charge >= 0.3 is 0 Å². The van der Waals surface area contributed by atoms with Gasteiger partial charge in [0.15, 0.2) is 18.2 Å². The summed E-state index contributed by atoms with van der Waals surface area (Å²) in [6.45, 7) is -1.99. The van der Waals surface area contributed by atoms with E-state index in [1.807, 2.05) is 6.07 Å². The largest absolute Gasteiger partial charge is 0.507 e. The third-order valence-electron chi connectivity index (χ3n) is 7.09. The Bertz CT molecular complexity index is 1180. The maximum absolute atomic E-state index is 12.8. The van der Waals surface area contributed by atoms with Gasteiger partial charge in [-0.05, 0) is 5.56 Å². The molecule has 3 heterocycles. The van der Waals surface area contributed by atoms with Crippen LogP contribution in [0.1, 0.15) is 28.4 Å². The number of hydrogen-bond donors (Lipinski definition) is 7. The van der Waals surface area contributed by atoms with Gasteiger partial charge in [-0.2, -0.15) is 0 Å². The van der Waals surface area contributed by atoms with Gasteiger partial charge in [0, 0.05) is 12.1 Å². The average Bonchev–Trinajstić information content (AvgIpc) is 3.21. The Kier molecular flexibility index (Phi) is 7.79. The first-order valence-corrected chi connectivity index (χ1v) is 12.3. The summed E-state index contributed by atoms with van der Waals surface area (Å²) >= 11 is 0. The molecule has 0 aliphatic carbocycles. The number of phenolic OH excluding ortho intramolecular Hbond substituents is 1. The number of carbonyl (C=O) groups is 1. The molecule has 2 aromatic carbocycles. The summed E-state index contributed by atoms with van der Waals surface area (Å²) in [5, 5.41) is 71.4. The number of Topliss-reactive ketones (excluding diaryl/α,β-unsaturated/α-hetero) is 1. The molecule has 2 fully saturated rings. The molecule has 3 aliphatic rings. The highest BCUT2D eigenvalue weighted by molar-refractivity contribution is 6.02. The van der Waals surface area contributed by atoms with E-state index in [4.69, 9.17) is 23.7 Å². The summed E-state index contributed by atoms with van der Waals surface area (Å²) in [7, 11) is 0. The standard InChI is InChI=1S/C26H30O13/c27-9-18-20(31)21(32)22(39-25-23(33)26(34,10-28)11-35-25)24(38-18)36-13-6-14(29)19-15(30)8-16(37-17(19)7-13)12-4-2-1-3-5-12/h1-7,16,18,20-25,27-29,31-34H,8-11H2/t16-,18+,20+,21-,22+,23+,24+,25-,26-/m0/s1. The smallest absolute Gasteiger partial charge is 0.229 e. The van der Waals surface area contributed by atoms with Gasteiger partial charge in [0.1, 0.15) is 58.9 Å². The fourth-order valence-electron chi connectivity index (χ4n) is 4.83. The van der Waals surface area contributed by atoms with Crippen LogP contribution in [0.5, 0.6) is 17.2 Å². The number of ether oxygens (including phenoxy) is 5. The van der Waals surface area contributed by atoms with Crippen molar-refractivity contribution in [1.82, 2.24) is 0 Å². The monoisotopic (exact) mass is 550 g/mol. The molecule has 212 valence electrons. The molecule has 13 nitrogen and oxygen atoms in total. The molecule has 2 saturated heterocycles. The van der Waals surface area contributed by atoms with Crippen molar-refractivity contribution >= 4 is 5.78 Å². The van der Waals surface area contributed by atoms with Crippen LogP contribution in [-0.4, -0.2) is 110 Å². The van der Waals surface area contributed by atoms with Crippen LogP contribution in [-0.2, 0) is 14.2 Å². The summed E-state index contributed by atoms with van der Waals surface area (Å²) in [6.07, 6.45) is -11.6. The lowest BCUT2D eigenvalue weighted by Gasteiger charge is -2.42. The summed E-state index contributed by atoms with van der Waals surface area (Å²) in [6, 6.07) is 11.5. The molecule has 0 spiro atoms. The van der Waals surface area contributed by atoms with Crippen molar-refractivity contribution < 1.29 is 64.2 Å². The van der Waals surface area contributed by atoms with Gasteiger partial charge in [0.2, 0.25) is 6.29 Å². The molecule has 2 aromatic rings. The van der Waals surface area contributed by atoms with E-state index in [9.17, 15) is 40.5 Å². The van der Waals surface area contributed by atoms with Crippen molar-refractivity contribution in [2.24, 2.45) is 0 Å². The van der Waals surface area contributed by atoms with Gasteiger partial charge < -0.3 is 59.4 Å². The zero-order valence-corrected chi connectivity index (χ0v) is 20.6. The zero-order valence-electron chi connectivity index (χ0n) is 20.6. The number of ketones is 1. The van der Waals surface area contributed by atoms with E-state index in [0.29, 0.717) is 0 Å². The SMILES string of the molecule is O=C1C[C@@H](c2ccccc2)Oc2cc(O[C@@H]3O[C@H](CO)[C@@H](O)[C@H](O)[C@H]3O[C@@H]3OC[C@@](O)(CO)[C@@H]3O)cc(O)c21. The molecule has 13 heteroatoms. The summed E-state index contributed by atoms with van der Waals surface area (Å²) in [5.74, 6) is -0.780. The summed E-state index contributed by atoms with van der Waals surface area (Å²) in [4.78, 5) is 12.8. The van der Waals surface area contributed by atoms with Crippen LogP contribution in [0.3, 0.4) is 0 Å². The number of phenols is 1. The predicted octanol–water partition coefficient (Wildman–Crippen LogP) is -1.26. The Balaban J connectivity index is 1.41. The van der Waals surface area contributed by atoms with Crippen LogP contribution in [0.4, 0.5) is 0 Å². The Hall–Kier alpha value is -2.85. The maximum atomic E-state index is 12.8. The van der Waals surface area contributed by atoms with E-state index in [-0.39, 0.29) is 29.3 Å². The molecule has 3 aliphatic heterocycles. The van der Waals surface area contributed by atoms with Gasteiger partial charge in [-0.1, -0.05) is 30.3 Å². The van der Waals surface area contributed by atoms with Crippen molar-refractivity contribution in [3.8, 4) is 17.2 Å². The van der Waals surface area contributed by atoms with Crippen LogP contribution >= 0.6 is 0 Å². The van der Waals surface area contributed by atoms with Crippen molar-refractivity contribution in [3.63, 3.8) is 0 Å². The second-order valence-electron chi connectivity index (χ2n) is 9.77. The van der Waals surface area contributed by atoms with Gasteiger partial charge in [-0.25, -0.2) is 0 Å². The minimum atomic E-state index is -2.02. The lowest BCUT2D eigenvalue weighted by atomic mass is 9.95. The molecule has 0 saturated carbocycles. The number of carbonyl (C=O) groups excluding carboxylic acids is 1. The van der Waals surface area contributed by atoms with Gasteiger partial charge in [-0.3, -0.25) is 4.79 Å². The number of fused-ring (bicyclic) bond motifs is 1. The zero-order chi connectivity index (χ0) is 27.9. The quantitative estimate of drug-likeness (QED) is 0.215. The predicted molar refractivity (Wildman–Crippen MR) is 128 cm³/mol. The molecule has 0 radical (unpaired) electrons. The minimum Gasteiger partial charge on any atom is -0.507 e. The van der Waals surface area contributed by atoms with Crippen LogP contribution in [0.15, 0.2) is 42.5 Å². The highest BCUT2D eigenvalue weighted by atomic mass is 16.8. The van der Waals surface area contributed by atoms with Crippen LogP contribution < -0.4 is 9.47 Å². The van der Waals surface area contributed by atoms with Crippen LogP contribution in [0, 0.1) is 0 Å². The maximum Gasteiger partial charge on any atom is 0.229 e. The molecular formula is C26H30O13. The van der Waals surface area contributed by atoms with E-state index in [2.05, 4.69) is 0 Å². The molecule has 0 bridgehead atoms. The fraction of sp³-hybridized carbons (Fsp3) is 0.500. The van der Waals surface area contributed by atoms with E-state index in [1.54, 1.807) is 24.3 Å². The number of aliphatic hydroxyl groups is 6. The second kappa shape index (κ2) is 11.0. The third-order valence-corrected chi connectivity index (χ3v) is 7.09. The van der Waals surface area contributed by atoms with Crippen molar-refractivity contribution in [2.45, 2.75) is 61.2 Å². The highest BCUT2D eigenvalue weighted by Crippen LogP contribution is 2.42. The third kappa shape index (κ3) is 5.20. The fourth-order valence-corrected chi connectivity index (χ4v) is 4.83. The molecule has 39 heavy (non-hydrogen) atoms. The molecule has 7 N–H and O–H groups in total. The number of benzene rings is 2. The molecular weight excluding hydrogens is 520 g/mol. The summed E-state index contributed by atoms with van der Waals surface area (Å²) in [5.41, 5.74) is -1.29. The Morgan fingerprint density at radius 3 is 2.44 bits per heavy atom. The Labute approximate surface area is 222 Å². The first-order chi connectivity index (χ1) is 18.6. The van der Waals surface area contributed by atoms with Crippen molar-refractivity contribution in [2.75, 3.05) is 19.8 Å². The first-order valence-electron chi connectivity index (χ1n) is 12.3. The first kappa shape index (κ1) is 27.7. The Morgan fingerprint density at radius 2 is 1.77 bits per heavy atom. The van der Waals surface area contributed by atoms with E-state index in [1.165, 1.54) is 6.07 Å². The van der Waals surface area contributed by atoms with E-state index < -0.39 is 80.4 Å². The van der Waals surface area contributed by atoms with Crippen LogP contribution in [0.2, 0.25) is 0 Å². The Morgan fingerprint density at radius 1 is 1.03 bits per heavy atom. The van der Waals surface area contributed by atoms with Gasteiger partial charge in [0.05, 0.1) is 26.2 Å². The lowest BCUT2D eigenvalue weighted by molar-refractivity contribution is -0.318. The number of rotatable bonds is 7. The van der Waals surface area contributed by atoms with Gasteiger partial charge in [0.25, 0.3) is 0 Å². The minimum absolute atomic E-state index is 0.0125. The topological polar surface area (TPSA) is 205 Å².